The molecule has 2 aromatic heterocycles. The Bertz CT molecular complexity index is 1100. The molecule has 0 saturated heterocycles. The predicted molar refractivity (Wildman–Crippen MR) is 100 cm³/mol. The minimum Gasteiger partial charge on any atom is -0.478 e. The number of nitrogens with zero attached hydrogens (tertiary/aromatic N) is 2. The molecule has 2 aromatic carbocycles. The molecule has 130 valence electrons. The van der Waals surface area contributed by atoms with E-state index < -0.39 is 5.97 Å². The number of rotatable bonds is 3. The molecular weight excluding hydrogens is 328 g/mol. The molecule has 4 aromatic rings. The second kappa shape index (κ2) is 5.84. The number of nitrogens with one attached hydrogen (secondary N) is 2. The normalized spacial score (nSPS) is 11.2. The molecule has 0 amide bonds. The van der Waals surface area contributed by atoms with Crippen molar-refractivity contribution in [3.63, 3.8) is 0 Å². The van der Waals surface area contributed by atoms with Gasteiger partial charge in [-0.3, -0.25) is 5.10 Å². The first-order chi connectivity index (χ1) is 12.4. The summed E-state index contributed by atoms with van der Waals surface area (Å²) in [7, 11) is 0. The van der Waals surface area contributed by atoms with E-state index in [4.69, 9.17) is 10.1 Å². The molecule has 6 nitrogen and oxygen atoms in total. The average molecular weight is 346 g/mol. The van der Waals surface area contributed by atoms with Gasteiger partial charge in [-0.1, -0.05) is 12.1 Å². The Labute approximate surface area is 149 Å². The van der Waals surface area contributed by atoms with Gasteiger partial charge in [0.1, 0.15) is 5.69 Å². The fraction of sp³-hybridized carbons (Fsp3) is 0.150. The highest BCUT2D eigenvalue weighted by molar-refractivity contribution is 5.90. The largest absolute Gasteiger partial charge is 0.478 e. The van der Waals surface area contributed by atoms with Crippen molar-refractivity contribution >= 4 is 17.0 Å². The van der Waals surface area contributed by atoms with Gasteiger partial charge in [0.05, 0.1) is 22.3 Å². The summed E-state index contributed by atoms with van der Waals surface area (Å²) in [5.74, 6) is -0.230. The standard InChI is InChI=1S/C20H18N4O2/c1-10-8-15-16(9-11(10)2)22-19(21-15)18-17(12(3)23-24-18)13-4-6-14(7-5-13)20(25)26/h4-9H,1-3H3,(H,21,22)(H,23,24)(H,25,26). The van der Waals surface area contributed by atoms with E-state index in [-0.39, 0.29) is 5.56 Å². The van der Waals surface area contributed by atoms with E-state index in [1.807, 2.05) is 6.92 Å². The van der Waals surface area contributed by atoms with Gasteiger partial charge in [0.15, 0.2) is 5.82 Å². The highest BCUT2D eigenvalue weighted by Crippen LogP contribution is 2.33. The monoisotopic (exact) mass is 346 g/mol. The first-order valence-corrected chi connectivity index (χ1v) is 8.30. The van der Waals surface area contributed by atoms with Gasteiger partial charge in [-0.15, -0.1) is 0 Å². The van der Waals surface area contributed by atoms with E-state index in [2.05, 4.69) is 41.2 Å². The maximum atomic E-state index is 11.1. The van der Waals surface area contributed by atoms with Crippen molar-refractivity contribution in [2.75, 3.05) is 0 Å². The lowest BCUT2D eigenvalue weighted by Gasteiger charge is -2.03. The minimum absolute atomic E-state index is 0.256. The summed E-state index contributed by atoms with van der Waals surface area (Å²) in [4.78, 5) is 19.1. The molecule has 6 heteroatoms. The van der Waals surface area contributed by atoms with Crippen molar-refractivity contribution in [2.45, 2.75) is 20.8 Å². The number of carboxylic acid groups (broad SMARTS) is 1. The predicted octanol–water partition coefficient (Wildman–Crippen LogP) is 4.24. The third kappa shape index (κ3) is 2.56. The molecule has 0 radical (unpaired) electrons. The van der Waals surface area contributed by atoms with Crippen molar-refractivity contribution in [3.8, 4) is 22.6 Å². The van der Waals surface area contributed by atoms with Crippen LogP contribution in [0.3, 0.4) is 0 Å². The molecule has 0 fully saturated rings. The lowest BCUT2D eigenvalue weighted by atomic mass is 10.0. The molecule has 0 aliphatic rings. The van der Waals surface area contributed by atoms with E-state index in [0.717, 1.165) is 33.5 Å². The minimum atomic E-state index is -0.941. The van der Waals surface area contributed by atoms with E-state index in [1.54, 1.807) is 24.3 Å². The van der Waals surface area contributed by atoms with Crippen LogP contribution in [0, 0.1) is 20.8 Å². The smallest absolute Gasteiger partial charge is 0.335 e. The Kier molecular flexibility index (Phi) is 3.61. The van der Waals surface area contributed by atoms with Crippen LogP contribution in [0.15, 0.2) is 36.4 Å². The van der Waals surface area contributed by atoms with Crippen LogP contribution in [0.25, 0.3) is 33.7 Å². The van der Waals surface area contributed by atoms with Crippen LogP contribution >= 0.6 is 0 Å². The number of hydrogen-bond donors (Lipinski definition) is 3. The summed E-state index contributed by atoms with van der Waals surface area (Å²) in [6.45, 7) is 6.06. The fourth-order valence-corrected chi connectivity index (χ4v) is 3.12. The average Bonchev–Trinajstić information content (AvgIpc) is 3.18. The summed E-state index contributed by atoms with van der Waals surface area (Å²) >= 11 is 0. The zero-order valence-electron chi connectivity index (χ0n) is 14.7. The molecule has 26 heavy (non-hydrogen) atoms. The van der Waals surface area contributed by atoms with Crippen LogP contribution in [0.1, 0.15) is 27.2 Å². The van der Waals surface area contributed by atoms with Crippen LogP contribution in [0.5, 0.6) is 0 Å². The van der Waals surface area contributed by atoms with Gasteiger partial charge in [-0.25, -0.2) is 9.78 Å². The number of carboxylic acids is 1. The molecule has 0 bridgehead atoms. The van der Waals surface area contributed by atoms with E-state index in [9.17, 15) is 4.79 Å². The molecule has 2 heterocycles. The summed E-state index contributed by atoms with van der Waals surface area (Å²) in [6.07, 6.45) is 0. The van der Waals surface area contributed by atoms with Crippen molar-refractivity contribution in [1.82, 2.24) is 20.2 Å². The van der Waals surface area contributed by atoms with Crippen molar-refractivity contribution in [3.05, 3.63) is 58.8 Å². The van der Waals surface area contributed by atoms with Crippen LogP contribution in [0.2, 0.25) is 0 Å². The topological polar surface area (TPSA) is 94.7 Å². The number of aromatic carboxylic acids is 1. The lowest BCUT2D eigenvalue weighted by molar-refractivity contribution is 0.0697. The first-order valence-electron chi connectivity index (χ1n) is 8.30. The number of aryl methyl sites for hydroxylation is 3. The van der Waals surface area contributed by atoms with Gasteiger partial charge in [0, 0.05) is 5.56 Å². The Morgan fingerprint density at radius 2 is 1.73 bits per heavy atom. The summed E-state index contributed by atoms with van der Waals surface area (Å²) in [5.41, 5.74) is 7.96. The molecule has 0 saturated carbocycles. The molecule has 0 aliphatic carbocycles. The molecule has 3 N–H and O–H groups in total. The maximum absolute atomic E-state index is 11.1. The highest BCUT2D eigenvalue weighted by Gasteiger charge is 2.17. The van der Waals surface area contributed by atoms with Crippen LogP contribution < -0.4 is 0 Å². The number of benzene rings is 2. The van der Waals surface area contributed by atoms with E-state index >= 15 is 0 Å². The molecular formula is C20H18N4O2. The number of aromatic nitrogens is 4. The van der Waals surface area contributed by atoms with Gasteiger partial charge in [0.25, 0.3) is 0 Å². The summed E-state index contributed by atoms with van der Waals surface area (Å²) in [6, 6.07) is 10.9. The Hall–Kier alpha value is -3.41. The number of aromatic amines is 2. The molecule has 0 unspecified atom stereocenters. The first kappa shape index (κ1) is 16.1. The van der Waals surface area contributed by atoms with Gasteiger partial charge < -0.3 is 10.1 Å². The molecule has 4 rings (SSSR count). The quantitative estimate of drug-likeness (QED) is 0.517. The van der Waals surface area contributed by atoms with Crippen molar-refractivity contribution < 1.29 is 9.90 Å². The van der Waals surface area contributed by atoms with Crippen molar-refractivity contribution in [2.24, 2.45) is 0 Å². The SMILES string of the molecule is Cc1cc2nc(-c3[nH]nc(C)c3-c3ccc(C(=O)O)cc3)[nH]c2cc1C. The van der Waals surface area contributed by atoms with E-state index in [0.29, 0.717) is 5.82 Å². The number of fused-ring (bicyclic) bond motifs is 1. The van der Waals surface area contributed by atoms with Crippen molar-refractivity contribution in [1.29, 1.82) is 0 Å². The van der Waals surface area contributed by atoms with Crippen LogP contribution in [-0.2, 0) is 0 Å². The zero-order valence-corrected chi connectivity index (χ0v) is 14.7. The second-order valence-electron chi connectivity index (χ2n) is 6.48. The summed E-state index contributed by atoms with van der Waals surface area (Å²) in [5, 5.41) is 16.5. The lowest BCUT2D eigenvalue weighted by Crippen LogP contribution is -1.95. The highest BCUT2D eigenvalue weighted by atomic mass is 16.4. The Balaban J connectivity index is 1.85. The number of imidazole rings is 1. The third-order valence-electron chi connectivity index (χ3n) is 4.70. The van der Waals surface area contributed by atoms with Crippen LogP contribution in [0.4, 0.5) is 0 Å². The van der Waals surface area contributed by atoms with Gasteiger partial charge in [-0.05, 0) is 61.7 Å². The Morgan fingerprint density at radius 3 is 2.42 bits per heavy atom. The molecule has 0 atom stereocenters. The van der Waals surface area contributed by atoms with Gasteiger partial charge >= 0.3 is 5.97 Å². The second-order valence-corrected chi connectivity index (χ2v) is 6.48. The van der Waals surface area contributed by atoms with E-state index in [1.165, 1.54) is 11.1 Å². The zero-order chi connectivity index (χ0) is 18.4. The Morgan fingerprint density at radius 1 is 1.04 bits per heavy atom. The van der Waals surface area contributed by atoms with Gasteiger partial charge in [0.2, 0.25) is 0 Å². The number of carbonyl (C=O) groups is 1. The summed E-state index contributed by atoms with van der Waals surface area (Å²) < 4.78 is 0. The third-order valence-corrected chi connectivity index (χ3v) is 4.70. The number of H-pyrrole nitrogens is 2. The molecule has 0 spiro atoms. The number of hydrogen-bond acceptors (Lipinski definition) is 3. The molecule has 0 aliphatic heterocycles. The maximum Gasteiger partial charge on any atom is 0.335 e. The van der Waals surface area contributed by atoms with Gasteiger partial charge in [-0.2, -0.15) is 5.10 Å². The fourth-order valence-electron chi connectivity index (χ4n) is 3.12. The van der Waals surface area contributed by atoms with Crippen LogP contribution in [-0.4, -0.2) is 31.2 Å².